The van der Waals surface area contributed by atoms with E-state index in [1.54, 1.807) is 36.5 Å². The number of amides is 1. The van der Waals surface area contributed by atoms with Gasteiger partial charge in [-0.05, 0) is 47.5 Å². The van der Waals surface area contributed by atoms with Crippen molar-refractivity contribution in [3.63, 3.8) is 0 Å². The Morgan fingerprint density at radius 3 is 2.58 bits per heavy atom. The van der Waals surface area contributed by atoms with E-state index in [1.165, 1.54) is 0 Å². The van der Waals surface area contributed by atoms with Gasteiger partial charge in [-0.3, -0.25) is 9.59 Å². The van der Waals surface area contributed by atoms with Crippen LogP contribution in [-0.2, 0) is 15.5 Å². The molecular formula is C23H19N3O4S. The molecule has 1 N–H and O–H groups in total. The maximum atomic E-state index is 13.2. The Kier molecular flexibility index (Phi) is 5.09. The molecule has 1 fully saturated rings. The standard InChI is InChI=1S/C23H19N3O4S/c27-14-15-1-3-21-19(11-15)25-23(28)18-12-16(2-4-20(18)31(21)29)17-5-6-24-22(13-17)26-7-9-30-10-8-26/h1-6,11-14H,7-10H2,(H,25,28). The molecule has 2 aliphatic heterocycles. The van der Waals surface area contributed by atoms with Crippen LogP contribution in [0.1, 0.15) is 20.7 Å². The SMILES string of the molecule is O=Cc1ccc2c(c1)NC(=O)c1cc(-c3ccnc(N4CCOCC4)c3)ccc1S2=O. The molecule has 156 valence electrons. The van der Waals surface area contributed by atoms with Gasteiger partial charge in [0.1, 0.15) is 12.1 Å². The molecule has 0 aliphatic carbocycles. The first kappa shape index (κ1) is 19.6. The number of hydrogen-bond donors (Lipinski definition) is 1. The van der Waals surface area contributed by atoms with Gasteiger partial charge in [0.25, 0.3) is 5.91 Å². The van der Waals surface area contributed by atoms with E-state index in [0.717, 1.165) is 30.0 Å². The number of benzene rings is 2. The van der Waals surface area contributed by atoms with E-state index in [0.29, 0.717) is 46.1 Å². The van der Waals surface area contributed by atoms with Crippen LogP contribution < -0.4 is 10.2 Å². The highest BCUT2D eigenvalue weighted by molar-refractivity contribution is 7.85. The summed E-state index contributed by atoms with van der Waals surface area (Å²) in [6.45, 7) is 2.90. The Morgan fingerprint density at radius 2 is 1.77 bits per heavy atom. The molecule has 7 nitrogen and oxygen atoms in total. The first-order valence-electron chi connectivity index (χ1n) is 9.89. The third-order valence-corrected chi connectivity index (χ3v) is 6.94. The molecule has 5 rings (SSSR count). The van der Waals surface area contributed by atoms with Crippen LogP contribution in [0, 0.1) is 0 Å². The predicted molar refractivity (Wildman–Crippen MR) is 117 cm³/mol. The highest BCUT2D eigenvalue weighted by Gasteiger charge is 2.26. The van der Waals surface area contributed by atoms with E-state index in [2.05, 4.69) is 15.2 Å². The van der Waals surface area contributed by atoms with Gasteiger partial charge in [0.15, 0.2) is 0 Å². The van der Waals surface area contributed by atoms with Crippen molar-refractivity contribution in [2.24, 2.45) is 0 Å². The Balaban J connectivity index is 1.53. The van der Waals surface area contributed by atoms with Crippen LogP contribution in [0.3, 0.4) is 0 Å². The lowest BCUT2D eigenvalue weighted by atomic mass is 10.0. The Bertz CT molecular complexity index is 1220. The molecule has 3 aromatic rings. The van der Waals surface area contributed by atoms with Gasteiger partial charge in [-0.1, -0.05) is 12.1 Å². The summed E-state index contributed by atoms with van der Waals surface area (Å²) in [6.07, 6.45) is 2.45. The Labute approximate surface area is 181 Å². The number of nitrogens with zero attached hydrogens (tertiary/aromatic N) is 2. The summed E-state index contributed by atoms with van der Waals surface area (Å²) >= 11 is 0. The van der Waals surface area contributed by atoms with Gasteiger partial charge >= 0.3 is 0 Å². The largest absolute Gasteiger partial charge is 0.378 e. The highest BCUT2D eigenvalue weighted by atomic mass is 32.2. The molecule has 2 aliphatic rings. The van der Waals surface area contributed by atoms with Crippen LogP contribution in [0.2, 0.25) is 0 Å². The second kappa shape index (κ2) is 8.05. The fourth-order valence-corrected chi connectivity index (χ4v) is 5.08. The van der Waals surface area contributed by atoms with Gasteiger partial charge in [0.05, 0.1) is 45.1 Å². The van der Waals surface area contributed by atoms with Gasteiger partial charge in [-0.15, -0.1) is 0 Å². The molecule has 0 spiro atoms. The van der Waals surface area contributed by atoms with Crippen LogP contribution in [0.15, 0.2) is 64.5 Å². The molecule has 1 unspecified atom stereocenters. The normalized spacial score (nSPS) is 17.9. The summed E-state index contributed by atoms with van der Waals surface area (Å²) in [7, 11) is -1.55. The van der Waals surface area contributed by atoms with E-state index in [4.69, 9.17) is 4.74 Å². The van der Waals surface area contributed by atoms with E-state index in [1.807, 2.05) is 18.2 Å². The van der Waals surface area contributed by atoms with Crippen LogP contribution in [0.4, 0.5) is 11.5 Å². The minimum absolute atomic E-state index is 0.351. The van der Waals surface area contributed by atoms with E-state index in [-0.39, 0.29) is 5.91 Å². The number of anilines is 2. The minimum atomic E-state index is -1.55. The summed E-state index contributed by atoms with van der Waals surface area (Å²) in [4.78, 5) is 31.6. The number of rotatable bonds is 3. The smallest absolute Gasteiger partial charge is 0.256 e. The molecule has 1 amide bonds. The third-order valence-electron chi connectivity index (χ3n) is 5.43. The average Bonchev–Trinajstić information content (AvgIpc) is 2.93. The zero-order valence-corrected chi connectivity index (χ0v) is 17.4. The Hall–Kier alpha value is -3.36. The molecule has 1 atom stereocenters. The molecule has 1 aromatic heterocycles. The van der Waals surface area contributed by atoms with Crippen molar-refractivity contribution in [1.82, 2.24) is 4.98 Å². The first-order chi connectivity index (χ1) is 15.1. The number of hydrogen-bond acceptors (Lipinski definition) is 6. The number of carbonyl (C=O) groups excluding carboxylic acids is 2. The fourth-order valence-electron chi connectivity index (χ4n) is 3.80. The zero-order chi connectivity index (χ0) is 21.4. The van der Waals surface area contributed by atoms with Gasteiger partial charge in [0, 0.05) is 24.8 Å². The third kappa shape index (κ3) is 3.64. The zero-order valence-electron chi connectivity index (χ0n) is 16.5. The topological polar surface area (TPSA) is 88.6 Å². The van der Waals surface area contributed by atoms with Crippen molar-refractivity contribution in [2.75, 3.05) is 36.5 Å². The maximum absolute atomic E-state index is 13.2. The first-order valence-corrected chi connectivity index (χ1v) is 11.0. The summed E-state index contributed by atoms with van der Waals surface area (Å²) in [5, 5.41) is 2.80. The molecule has 2 aromatic carbocycles. The van der Waals surface area contributed by atoms with Crippen molar-refractivity contribution in [1.29, 1.82) is 0 Å². The Morgan fingerprint density at radius 1 is 1.00 bits per heavy atom. The molecule has 0 bridgehead atoms. The average molecular weight is 433 g/mol. The highest BCUT2D eigenvalue weighted by Crippen LogP contribution is 2.34. The lowest BCUT2D eigenvalue weighted by molar-refractivity contribution is 0.102. The van der Waals surface area contributed by atoms with Gasteiger partial charge in [-0.2, -0.15) is 0 Å². The summed E-state index contributed by atoms with van der Waals surface area (Å²) in [6, 6.07) is 14.0. The van der Waals surface area contributed by atoms with Crippen molar-refractivity contribution in [3.8, 4) is 11.1 Å². The molecule has 3 heterocycles. The van der Waals surface area contributed by atoms with Crippen molar-refractivity contribution in [2.45, 2.75) is 9.79 Å². The second-order valence-corrected chi connectivity index (χ2v) is 8.73. The predicted octanol–water partition coefficient (Wildman–Crippen LogP) is 3.13. The van der Waals surface area contributed by atoms with Gasteiger partial charge < -0.3 is 15.0 Å². The van der Waals surface area contributed by atoms with E-state index >= 15 is 0 Å². The van der Waals surface area contributed by atoms with Crippen LogP contribution in [0.25, 0.3) is 11.1 Å². The lowest BCUT2D eigenvalue weighted by Gasteiger charge is -2.28. The van der Waals surface area contributed by atoms with Crippen molar-refractivity contribution >= 4 is 34.5 Å². The number of aldehydes is 1. The number of morpholine rings is 1. The van der Waals surface area contributed by atoms with Crippen molar-refractivity contribution < 1.29 is 18.5 Å². The van der Waals surface area contributed by atoms with E-state index in [9.17, 15) is 13.8 Å². The van der Waals surface area contributed by atoms with Crippen LogP contribution >= 0.6 is 0 Å². The fraction of sp³-hybridized carbons (Fsp3) is 0.174. The van der Waals surface area contributed by atoms with Crippen LogP contribution in [-0.4, -0.2) is 47.7 Å². The minimum Gasteiger partial charge on any atom is -0.378 e. The number of pyridine rings is 1. The molecule has 8 heteroatoms. The monoisotopic (exact) mass is 433 g/mol. The molecule has 0 radical (unpaired) electrons. The summed E-state index contributed by atoms with van der Waals surface area (Å²) < 4.78 is 18.6. The second-order valence-electron chi connectivity index (χ2n) is 7.31. The molecule has 31 heavy (non-hydrogen) atoms. The number of ether oxygens (including phenoxy) is 1. The molecule has 0 saturated carbocycles. The summed E-state index contributed by atoms with van der Waals surface area (Å²) in [5.74, 6) is 0.507. The molecule has 1 saturated heterocycles. The van der Waals surface area contributed by atoms with Crippen molar-refractivity contribution in [3.05, 3.63) is 65.9 Å². The number of nitrogens with one attached hydrogen (secondary N) is 1. The van der Waals surface area contributed by atoms with Gasteiger partial charge in [0.2, 0.25) is 0 Å². The molecular weight excluding hydrogens is 414 g/mol. The van der Waals surface area contributed by atoms with E-state index < -0.39 is 10.8 Å². The lowest BCUT2D eigenvalue weighted by Crippen LogP contribution is -2.36. The number of aromatic nitrogens is 1. The van der Waals surface area contributed by atoms with Gasteiger partial charge in [-0.25, -0.2) is 9.19 Å². The summed E-state index contributed by atoms with van der Waals surface area (Å²) in [5.41, 5.74) is 2.91. The number of carbonyl (C=O) groups is 2. The van der Waals surface area contributed by atoms with Crippen LogP contribution in [0.5, 0.6) is 0 Å². The number of fused-ring (bicyclic) bond motifs is 2. The quantitative estimate of drug-likeness (QED) is 0.639. The maximum Gasteiger partial charge on any atom is 0.256 e.